The van der Waals surface area contributed by atoms with Gasteiger partial charge in [-0.2, -0.15) is 74.6 Å². The summed E-state index contributed by atoms with van der Waals surface area (Å²) in [5, 5.41) is 0. The average Bonchev–Trinajstić information content (AvgIpc) is 2.71. The van der Waals surface area contributed by atoms with E-state index in [1.807, 2.05) is 0 Å². The van der Waals surface area contributed by atoms with Gasteiger partial charge in [0.25, 0.3) is 0 Å². The fourth-order valence-electron chi connectivity index (χ4n) is 2.05. The van der Waals surface area contributed by atoms with E-state index in [0.717, 1.165) is 0 Å². The third-order valence-corrected chi connectivity index (χ3v) is 4.95. The minimum absolute atomic E-state index is 0. The molecule has 0 amide bonds. The van der Waals surface area contributed by atoms with E-state index in [4.69, 9.17) is 0 Å². The zero-order chi connectivity index (χ0) is 29.8. The molecule has 1 aromatic rings. The zero-order valence-corrected chi connectivity index (χ0v) is 20.1. The first-order chi connectivity index (χ1) is 16.0. The van der Waals surface area contributed by atoms with Crippen LogP contribution in [0.25, 0.3) is 0 Å². The van der Waals surface area contributed by atoms with Crippen molar-refractivity contribution in [3.8, 4) is 5.75 Å². The summed E-state index contributed by atoms with van der Waals surface area (Å²) in [6, 6.07) is -3.04. The van der Waals surface area contributed by atoms with Crippen molar-refractivity contribution in [1.29, 1.82) is 0 Å². The van der Waals surface area contributed by atoms with Gasteiger partial charge < -0.3 is 9.29 Å². The molecule has 0 aliphatic carbocycles. The number of rotatable bonds is 9. The van der Waals surface area contributed by atoms with Gasteiger partial charge in [-0.15, -0.1) is 0 Å². The van der Waals surface area contributed by atoms with Crippen LogP contribution in [0, 0.1) is 0 Å². The topological polar surface area (TPSA) is 66.4 Å². The molecule has 0 aliphatic rings. The van der Waals surface area contributed by atoms with Crippen molar-refractivity contribution in [2.45, 2.75) is 46.6 Å². The number of hydrogen-bond donors (Lipinski definition) is 0. The Hall–Kier alpha value is -1.52. The molecule has 23 heteroatoms. The van der Waals surface area contributed by atoms with Gasteiger partial charge in [-0.1, -0.05) is 0 Å². The molecule has 0 unspecified atom stereocenters. The summed E-state index contributed by atoms with van der Waals surface area (Å²) in [4.78, 5) is -1.14. The Morgan fingerprint density at radius 2 is 0.974 bits per heavy atom. The first-order valence-electron chi connectivity index (χ1n) is 8.15. The van der Waals surface area contributed by atoms with Gasteiger partial charge in [0.05, 0.1) is 4.90 Å². The fraction of sp³-hybridized carbons (Fsp3) is 0.467. The number of halogens is 17. The molecule has 0 aliphatic heterocycles. The van der Waals surface area contributed by atoms with Crippen LogP contribution in [0.5, 0.6) is 5.75 Å². The molecule has 0 saturated heterocycles. The first kappa shape index (κ1) is 36.5. The predicted molar refractivity (Wildman–Crippen MR) is 80.0 cm³/mol. The van der Waals surface area contributed by atoms with E-state index in [-0.39, 0.29) is 53.8 Å². The second-order valence-corrected chi connectivity index (χ2v) is 7.94. The number of alkyl halides is 15. The van der Waals surface area contributed by atoms with Crippen LogP contribution in [0.4, 0.5) is 74.6 Å². The van der Waals surface area contributed by atoms with Gasteiger partial charge in [0.2, 0.25) is 5.83 Å². The molecule has 0 heterocycles. The summed E-state index contributed by atoms with van der Waals surface area (Å²) < 4.78 is 258. The second-order valence-electron chi connectivity index (χ2n) is 6.56. The normalized spacial score (nSPS) is 15.5. The van der Waals surface area contributed by atoms with Gasteiger partial charge in [-0.05, 0) is 24.3 Å². The standard InChI is InChI=1S/C15H5F17O4S.Na/c16-7(8(17)36-5-1-3-6(4-2-5)37(33,34)35)9(18,19)10(20,21)11(22,23)12(24,25)13(26,27)14(28,29)15(30,31)32;/h1-4H,(H,33,34,35);/q;+1/p-1. The summed E-state index contributed by atoms with van der Waals surface area (Å²) in [5.74, 6) is -56.2. The van der Waals surface area contributed by atoms with Crippen molar-refractivity contribution in [2.24, 2.45) is 0 Å². The molecule has 4 nitrogen and oxygen atoms in total. The molecule has 0 N–H and O–H groups in total. The molecule has 0 saturated carbocycles. The summed E-state index contributed by atoms with van der Waals surface area (Å²) >= 11 is 0. The molecule has 0 spiro atoms. The van der Waals surface area contributed by atoms with Crippen molar-refractivity contribution in [3.05, 3.63) is 36.1 Å². The Balaban J connectivity index is 0.0000137. The molecule has 0 fully saturated rings. The Bertz CT molecular complexity index is 1140. The van der Waals surface area contributed by atoms with Crippen molar-refractivity contribution in [3.63, 3.8) is 0 Å². The van der Waals surface area contributed by atoms with Crippen LogP contribution in [0.3, 0.4) is 0 Å². The van der Waals surface area contributed by atoms with Crippen LogP contribution >= 0.6 is 0 Å². The van der Waals surface area contributed by atoms with E-state index in [9.17, 15) is 87.6 Å². The van der Waals surface area contributed by atoms with Gasteiger partial charge in [0, 0.05) is 0 Å². The Morgan fingerprint density at radius 1 is 0.632 bits per heavy atom. The molecule has 214 valence electrons. The largest absolute Gasteiger partial charge is 1.00 e. The fourth-order valence-corrected chi connectivity index (χ4v) is 2.52. The molecular formula is C15H4F17NaO4S. The maximum Gasteiger partial charge on any atom is 1.00 e. The van der Waals surface area contributed by atoms with E-state index in [1.165, 1.54) is 0 Å². The minimum atomic E-state index is -8.71. The Labute approximate surface area is 220 Å². The van der Waals surface area contributed by atoms with Gasteiger partial charge in [-0.3, -0.25) is 0 Å². The summed E-state index contributed by atoms with van der Waals surface area (Å²) in [5.41, 5.74) is 0. The number of hydrogen-bond acceptors (Lipinski definition) is 4. The van der Waals surface area contributed by atoms with E-state index < -0.39 is 74.3 Å². The summed E-state index contributed by atoms with van der Waals surface area (Å²) in [6.45, 7) is 0. The van der Waals surface area contributed by atoms with E-state index in [0.29, 0.717) is 0 Å². The van der Waals surface area contributed by atoms with Crippen LogP contribution in [-0.4, -0.2) is 54.7 Å². The summed E-state index contributed by atoms with van der Waals surface area (Å²) in [7, 11) is -5.21. The molecule has 1 aromatic carbocycles. The zero-order valence-electron chi connectivity index (χ0n) is 17.3. The van der Waals surface area contributed by atoms with Crippen molar-refractivity contribution < 1.29 is 122 Å². The first-order valence-corrected chi connectivity index (χ1v) is 9.55. The van der Waals surface area contributed by atoms with Crippen LogP contribution in [0.15, 0.2) is 41.0 Å². The molecule has 0 aromatic heterocycles. The molecule has 1 rings (SSSR count). The molecular weight excluding hydrogens is 622 g/mol. The quantitative estimate of drug-likeness (QED) is 0.183. The van der Waals surface area contributed by atoms with E-state index >= 15 is 0 Å². The van der Waals surface area contributed by atoms with Crippen molar-refractivity contribution >= 4 is 10.1 Å². The number of benzene rings is 1. The van der Waals surface area contributed by atoms with E-state index in [2.05, 4.69) is 4.74 Å². The summed E-state index contributed by atoms with van der Waals surface area (Å²) in [6.07, 6.45) is -7.83. The van der Waals surface area contributed by atoms with Crippen LogP contribution in [-0.2, 0) is 10.1 Å². The second kappa shape index (κ2) is 10.5. The molecule has 38 heavy (non-hydrogen) atoms. The van der Waals surface area contributed by atoms with Gasteiger partial charge in [-0.25, -0.2) is 8.42 Å². The molecule has 0 atom stereocenters. The number of ether oxygens (including phenoxy) is 1. The van der Waals surface area contributed by atoms with Crippen LogP contribution < -0.4 is 34.3 Å². The van der Waals surface area contributed by atoms with Gasteiger partial charge in [0.1, 0.15) is 15.9 Å². The monoisotopic (exact) mass is 626 g/mol. The SMILES string of the molecule is O=S(=O)([O-])c1ccc(OC(F)=C(F)C(F)(F)C(F)(F)C(F)(F)C(F)(F)C(F)(F)C(F)(F)C(F)(F)F)cc1.[Na+]. The Kier molecular flexibility index (Phi) is 10.0. The average molecular weight is 626 g/mol. The maximum absolute atomic E-state index is 13.6. The van der Waals surface area contributed by atoms with Crippen molar-refractivity contribution in [1.82, 2.24) is 0 Å². The maximum atomic E-state index is 13.6. The minimum Gasteiger partial charge on any atom is -0.744 e. The Morgan fingerprint density at radius 3 is 1.32 bits per heavy atom. The van der Waals surface area contributed by atoms with Gasteiger partial charge in [0.15, 0.2) is 0 Å². The van der Waals surface area contributed by atoms with Crippen molar-refractivity contribution in [2.75, 3.05) is 0 Å². The molecule has 0 radical (unpaired) electrons. The van der Waals surface area contributed by atoms with Crippen LogP contribution in [0.1, 0.15) is 0 Å². The third-order valence-electron chi connectivity index (χ3n) is 4.10. The van der Waals surface area contributed by atoms with Gasteiger partial charge >= 0.3 is 77.3 Å². The third kappa shape index (κ3) is 5.68. The smallest absolute Gasteiger partial charge is 0.744 e. The molecule has 0 bridgehead atoms. The predicted octanol–water partition coefficient (Wildman–Crippen LogP) is 3.46. The van der Waals surface area contributed by atoms with Crippen LogP contribution in [0.2, 0.25) is 0 Å². The number of allylic oxidation sites excluding steroid dienone is 1. The van der Waals surface area contributed by atoms with E-state index in [1.54, 1.807) is 0 Å².